The first-order valence-corrected chi connectivity index (χ1v) is 9.66. The van der Waals surface area contributed by atoms with Gasteiger partial charge in [0.05, 0.1) is 6.04 Å². The summed E-state index contributed by atoms with van der Waals surface area (Å²) in [5, 5.41) is 7.49. The molecule has 4 heterocycles. The number of hydrogen-bond acceptors (Lipinski definition) is 8. The van der Waals surface area contributed by atoms with E-state index in [9.17, 15) is 4.79 Å². The zero-order valence-electron chi connectivity index (χ0n) is 15.8. The monoisotopic (exact) mass is 385 g/mol. The van der Waals surface area contributed by atoms with Crippen LogP contribution in [-0.2, 0) is 4.79 Å². The van der Waals surface area contributed by atoms with E-state index in [-0.39, 0.29) is 11.9 Å². The Morgan fingerprint density at radius 3 is 2.89 bits per heavy atom. The molecule has 28 heavy (non-hydrogen) atoms. The molecule has 148 valence electrons. The van der Waals surface area contributed by atoms with Crippen molar-refractivity contribution >= 4 is 11.6 Å². The molecule has 5 rings (SSSR count). The number of rotatable bonds is 3. The molecule has 1 aromatic carbocycles. The normalized spacial score (nSPS) is 25.3. The molecule has 0 saturated carbocycles. The summed E-state index contributed by atoms with van der Waals surface area (Å²) in [6, 6.07) is 5.66. The van der Waals surface area contributed by atoms with Crippen molar-refractivity contribution in [3.8, 4) is 11.5 Å². The molecule has 1 amide bonds. The van der Waals surface area contributed by atoms with E-state index < -0.39 is 5.92 Å². The summed E-state index contributed by atoms with van der Waals surface area (Å²) in [4.78, 5) is 21.5. The fraction of sp³-hybridized carbons (Fsp3) is 0.526. The largest absolute Gasteiger partial charge is 0.486 e. The lowest BCUT2D eigenvalue weighted by Gasteiger charge is -2.30. The third-order valence-corrected chi connectivity index (χ3v) is 5.61. The summed E-state index contributed by atoms with van der Waals surface area (Å²) >= 11 is 0. The van der Waals surface area contributed by atoms with Gasteiger partial charge in [-0.1, -0.05) is 5.16 Å². The average molecular weight is 385 g/mol. The van der Waals surface area contributed by atoms with Crippen LogP contribution in [0.25, 0.3) is 0 Å². The Morgan fingerprint density at radius 1 is 1.18 bits per heavy atom. The van der Waals surface area contributed by atoms with E-state index in [0.29, 0.717) is 49.4 Å². The molecule has 2 saturated heterocycles. The highest BCUT2D eigenvalue weighted by atomic mass is 16.6. The topological polar surface area (TPSA) is 93.0 Å². The lowest BCUT2D eigenvalue weighted by Crippen LogP contribution is -2.44. The van der Waals surface area contributed by atoms with Crippen LogP contribution in [0.5, 0.6) is 11.5 Å². The van der Waals surface area contributed by atoms with Gasteiger partial charge in [-0.3, -0.25) is 9.69 Å². The number of piperazine rings is 1. The Morgan fingerprint density at radius 2 is 2.04 bits per heavy atom. The Balaban J connectivity index is 1.34. The maximum absolute atomic E-state index is 13.0. The third-order valence-electron chi connectivity index (χ3n) is 5.61. The van der Waals surface area contributed by atoms with Gasteiger partial charge in [0.2, 0.25) is 11.8 Å². The minimum Gasteiger partial charge on any atom is -0.486 e. The third kappa shape index (κ3) is 3.00. The highest BCUT2D eigenvalue weighted by Crippen LogP contribution is 2.37. The van der Waals surface area contributed by atoms with Crippen molar-refractivity contribution in [2.75, 3.05) is 51.3 Å². The lowest BCUT2D eigenvalue weighted by molar-refractivity contribution is -0.118. The number of nitrogens with one attached hydrogen (secondary N) is 1. The number of amides is 1. The van der Waals surface area contributed by atoms with E-state index in [0.717, 1.165) is 25.3 Å². The van der Waals surface area contributed by atoms with Gasteiger partial charge in [0, 0.05) is 37.9 Å². The van der Waals surface area contributed by atoms with Crippen molar-refractivity contribution in [3.63, 3.8) is 0 Å². The van der Waals surface area contributed by atoms with Gasteiger partial charge in [0.1, 0.15) is 19.1 Å². The van der Waals surface area contributed by atoms with Crippen molar-refractivity contribution in [3.05, 3.63) is 29.9 Å². The summed E-state index contributed by atoms with van der Waals surface area (Å²) in [5.74, 6) is 1.99. The molecule has 3 aliphatic heterocycles. The number of carbonyl (C=O) groups is 1. The number of nitrogens with zero attached hydrogens (tertiary/aromatic N) is 4. The van der Waals surface area contributed by atoms with Crippen LogP contribution in [0.15, 0.2) is 22.7 Å². The highest BCUT2D eigenvalue weighted by Gasteiger charge is 2.38. The van der Waals surface area contributed by atoms with Crippen LogP contribution >= 0.6 is 0 Å². The summed E-state index contributed by atoms with van der Waals surface area (Å²) in [5.41, 5.74) is 0.799. The maximum Gasteiger partial charge on any atom is 0.239 e. The van der Waals surface area contributed by atoms with E-state index in [2.05, 4.69) is 20.4 Å². The van der Waals surface area contributed by atoms with Crippen molar-refractivity contribution in [1.29, 1.82) is 0 Å². The molecule has 2 atom stereocenters. The van der Waals surface area contributed by atoms with Crippen LogP contribution in [0, 0.1) is 0 Å². The van der Waals surface area contributed by atoms with Crippen molar-refractivity contribution in [1.82, 2.24) is 20.4 Å². The summed E-state index contributed by atoms with van der Waals surface area (Å²) in [6.45, 7) is 4.31. The summed E-state index contributed by atoms with van der Waals surface area (Å²) in [7, 11) is 2.05. The maximum atomic E-state index is 13.0. The van der Waals surface area contributed by atoms with Gasteiger partial charge in [-0.15, -0.1) is 0 Å². The quantitative estimate of drug-likeness (QED) is 0.834. The molecule has 1 N–H and O–H groups in total. The Bertz CT molecular complexity index is 885. The molecule has 0 bridgehead atoms. The smallest absolute Gasteiger partial charge is 0.239 e. The minimum absolute atomic E-state index is 0.0259. The number of likely N-dealkylation sites (N-methyl/N-ethyl adjacent to an activating group) is 1. The van der Waals surface area contributed by atoms with Crippen LogP contribution in [0.3, 0.4) is 0 Å². The standard InChI is InChI=1S/C19H23N5O4/c1-23-7-5-20-11-14(23)17-21-18(28-22-17)13-4-6-24(19(13)25)12-2-3-15-16(10-12)27-9-8-26-15/h2-3,10,13-14,20H,4-9,11H2,1H3. The van der Waals surface area contributed by atoms with Crippen LogP contribution in [0.1, 0.15) is 30.1 Å². The van der Waals surface area contributed by atoms with E-state index in [1.54, 1.807) is 4.90 Å². The van der Waals surface area contributed by atoms with E-state index in [4.69, 9.17) is 14.0 Å². The Kier molecular flexibility index (Phi) is 4.40. The second kappa shape index (κ2) is 7.06. The van der Waals surface area contributed by atoms with Crippen LogP contribution in [0.4, 0.5) is 5.69 Å². The molecule has 3 aliphatic rings. The molecule has 2 aromatic rings. The molecule has 1 aromatic heterocycles. The van der Waals surface area contributed by atoms with E-state index in [1.807, 2.05) is 25.2 Å². The van der Waals surface area contributed by atoms with Crippen molar-refractivity contribution in [2.24, 2.45) is 0 Å². The fourth-order valence-corrected chi connectivity index (χ4v) is 3.98. The SMILES string of the molecule is CN1CCNCC1c1noc(C2CCN(c3ccc4c(c3)OCCO4)C2=O)n1. The van der Waals surface area contributed by atoms with Crippen molar-refractivity contribution < 1.29 is 18.8 Å². The number of fused-ring (bicyclic) bond motifs is 1. The van der Waals surface area contributed by atoms with E-state index in [1.165, 1.54) is 0 Å². The van der Waals surface area contributed by atoms with Gasteiger partial charge in [-0.2, -0.15) is 4.98 Å². The average Bonchev–Trinajstić information content (AvgIpc) is 3.35. The minimum atomic E-state index is -0.406. The molecule has 0 spiro atoms. The first-order valence-electron chi connectivity index (χ1n) is 9.66. The van der Waals surface area contributed by atoms with Crippen molar-refractivity contribution in [2.45, 2.75) is 18.4 Å². The molecule has 0 radical (unpaired) electrons. The molecule has 2 unspecified atom stereocenters. The number of anilines is 1. The fourth-order valence-electron chi connectivity index (χ4n) is 3.98. The Labute approximate surface area is 162 Å². The van der Waals surface area contributed by atoms with Gasteiger partial charge < -0.3 is 24.2 Å². The molecule has 0 aliphatic carbocycles. The molecular formula is C19H23N5O4. The van der Waals surface area contributed by atoms with Gasteiger partial charge in [-0.25, -0.2) is 0 Å². The summed E-state index contributed by atoms with van der Waals surface area (Å²) in [6.07, 6.45) is 0.646. The molecule has 2 fully saturated rings. The van der Waals surface area contributed by atoms with Gasteiger partial charge in [0.25, 0.3) is 0 Å². The number of ether oxygens (including phenoxy) is 2. The predicted molar refractivity (Wildman–Crippen MR) is 99.7 cm³/mol. The lowest BCUT2D eigenvalue weighted by atomic mass is 10.1. The number of benzene rings is 1. The number of aromatic nitrogens is 2. The Hall–Kier alpha value is -2.65. The first-order chi connectivity index (χ1) is 13.7. The van der Waals surface area contributed by atoms with Crippen LogP contribution in [0.2, 0.25) is 0 Å². The second-order valence-electron chi connectivity index (χ2n) is 7.35. The van der Waals surface area contributed by atoms with Gasteiger partial charge >= 0.3 is 0 Å². The van der Waals surface area contributed by atoms with Gasteiger partial charge in [0.15, 0.2) is 17.3 Å². The van der Waals surface area contributed by atoms with Gasteiger partial charge in [-0.05, 0) is 25.6 Å². The highest BCUT2D eigenvalue weighted by molar-refractivity contribution is 6.00. The molecule has 9 heteroatoms. The van der Waals surface area contributed by atoms with Crippen LogP contribution < -0.4 is 19.7 Å². The van der Waals surface area contributed by atoms with E-state index >= 15 is 0 Å². The molecule has 9 nitrogen and oxygen atoms in total. The summed E-state index contributed by atoms with van der Waals surface area (Å²) < 4.78 is 16.7. The zero-order chi connectivity index (χ0) is 19.1. The number of hydrogen-bond donors (Lipinski definition) is 1. The zero-order valence-corrected chi connectivity index (χ0v) is 15.8. The first kappa shape index (κ1) is 17.4. The molecular weight excluding hydrogens is 362 g/mol. The second-order valence-corrected chi connectivity index (χ2v) is 7.35. The number of carbonyl (C=O) groups excluding carboxylic acids is 1. The predicted octanol–water partition coefficient (Wildman–Crippen LogP) is 0.937. The van der Waals surface area contributed by atoms with Crippen LogP contribution in [-0.4, -0.2) is 67.4 Å².